The normalized spacial score (nSPS) is 13.7. The number of phosphoric ester groups is 1. The fourth-order valence-electron chi connectivity index (χ4n) is 9.50. The number of rotatable bonds is 63. The van der Waals surface area contributed by atoms with Gasteiger partial charge in [0.25, 0.3) is 0 Å². The Bertz CT molecular complexity index is 1650. The minimum absolute atomic E-state index is 0.165. The third-order valence-corrected chi connectivity index (χ3v) is 15.6. The minimum atomic E-state index is -4.76. The van der Waals surface area contributed by atoms with Gasteiger partial charge in [-0.2, -0.15) is 0 Å². The highest BCUT2D eigenvalue weighted by molar-refractivity contribution is 7.47. The van der Waals surface area contributed by atoms with Crippen LogP contribution in [0.2, 0.25) is 0 Å². The Balaban J connectivity index is 4.70. The van der Waals surface area contributed by atoms with Crippen molar-refractivity contribution in [3.63, 3.8) is 0 Å². The van der Waals surface area contributed by atoms with E-state index in [0.29, 0.717) is 19.3 Å². The highest BCUT2D eigenvalue weighted by Gasteiger charge is 2.28. The molecule has 0 fully saturated rings. The third kappa shape index (κ3) is 61.5. The van der Waals surface area contributed by atoms with Crippen LogP contribution in [0.5, 0.6) is 0 Å². The van der Waals surface area contributed by atoms with E-state index in [9.17, 15) is 28.9 Å². The molecule has 0 spiro atoms. The van der Waals surface area contributed by atoms with Crippen molar-refractivity contribution in [2.75, 3.05) is 26.4 Å². The number of carbonyl (C=O) groups is 3. The average molecular weight is 1170 g/mol. The van der Waals surface area contributed by atoms with Crippen LogP contribution in [0.25, 0.3) is 0 Å². The smallest absolute Gasteiger partial charge is 0.462 e. The average Bonchev–Trinajstić information content (AvgIpc) is 3.49. The van der Waals surface area contributed by atoms with Gasteiger partial charge in [-0.25, -0.2) is 4.57 Å². The van der Waals surface area contributed by atoms with Gasteiger partial charge in [0.15, 0.2) is 6.10 Å². The Morgan fingerprint density at radius 1 is 0.354 bits per heavy atom. The summed E-state index contributed by atoms with van der Waals surface area (Å²) in [7, 11) is -4.76. The number of esters is 3. The van der Waals surface area contributed by atoms with Gasteiger partial charge >= 0.3 is 25.7 Å². The number of allylic oxidation sites excluding steroid dienone is 12. The molecular weight excluding hydrogens is 1050 g/mol. The van der Waals surface area contributed by atoms with Gasteiger partial charge in [-0.05, 0) is 89.9 Å². The van der Waals surface area contributed by atoms with Crippen LogP contribution >= 0.6 is 7.82 Å². The lowest BCUT2D eigenvalue weighted by atomic mass is 10.0. The van der Waals surface area contributed by atoms with E-state index in [4.69, 9.17) is 23.3 Å². The van der Waals surface area contributed by atoms with Gasteiger partial charge in [-0.1, -0.05) is 280 Å². The van der Waals surface area contributed by atoms with Crippen LogP contribution in [0.1, 0.15) is 316 Å². The Morgan fingerprint density at radius 3 is 1.00 bits per heavy atom. The highest BCUT2D eigenvalue weighted by atomic mass is 31.2. The summed E-state index contributed by atoms with van der Waals surface area (Å²) in [6.45, 7) is 4.55. The second-order valence-electron chi connectivity index (χ2n) is 22.6. The molecule has 3 unspecified atom stereocenters. The molecule has 0 bridgehead atoms. The van der Waals surface area contributed by atoms with Crippen molar-refractivity contribution in [3.8, 4) is 0 Å². The van der Waals surface area contributed by atoms with Crippen LogP contribution in [-0.4, -0.2) is 66.5 Å². The van der Waals surface area contributed by atoms with E-state index < -0.39 is 57.8 Å². The standard InChI is InChI=1S/C70H125O11P/c1-4-7-10-13-16-19-22-25-28-31-33-36-38-41-44-47-50-53-56-59-68(72)77-63-67(81-70(74)61-58-55-52-49-46-43-40-37-34-32-29-26-23-20-17-14-11-8-5-2)65-79-82(75,76)78-64-66(62-71)80-69(73)60-57-54-51-48-45-42-39-35-30-27-24-21-18-15-12-9-6-3/h9,12,16,18-19,21,25,27-28,30,33,36,66-67,71H,4-8,10-11,13-15,17,20,22-24,26,29,31-32,34-35,37-65H2,1-3H3,(H,75,76)/b12-9-,19-16-,21-18-,28-25-,30-27-,36-33-. The summed E-state index contributed by atoms with van der Waals surface area (Å²) in [6, 6.07) is 0. The molecule has 0 saturated heterocycles. The summed E-state index contributed by atoms with van der Waals surface area (Å²) >= 11 is 0. The molecule has 0 aliphatic carbocycles. The molecule has 0 radical (unpaired) electrons. The molecular formula is C70H125O11P. The fraction of sp³-hybridized carbons (Fsp3) is 0.786. The summed E-state index contributed by atoms with van der Waals surface area (Å²) in [5, 5.41) is 9.87. The molecule has 2 N–H and O–H groups in total. The van der Waals surface area contributed by atoms with E-state index in [1.807, 2.05) is 0 Å². The second-order valence-corrected chi connectivity index (χ2v) is 24.1. The number of aliphatic hydroxyl groups is 1. The first kappa shape index (κ1) is 78.9. The minimum Gasteiger partial charge on any atom is -0.462 e. The number of phosphoric acid groups is 1. The topological polar surface area (TPSA) is 155 Å². The van der Waals surface area contributed by atoms with Gasteiger partial charge in [-0.3, -0.25) is 23.4 Å². The summed E-state index contributed by atoms with van der Waals surface area (Å²) in [6.07, 6.45) is 74.2. The predicted octanol–water partition coefficient (Wildman–Crippen LogP) is 20.8. The molecule has 0 rings (SSSR count). The first-order chi connectivity index (χ1) is 40.2. The monoisotopic (exact) mass is 1170 g/mol. The number of hydrogen-bond donors (Lipinski definition) is 2. The number of aliphatic hydroxyl groups excluding tert-OH is 1. The lowest BCUT2D eigenvalue weighted by molar-refractivity contribution is -0.161. The lowest BCUT2D eigenvalue weighted by Gasteiger charge is -2.21. The summed E-state index contributed by atoms with van der Waals surface area (Å²) in [5.74, 6) is -1.47. The molecule has 0 heterocycles. The molecule has 0 aromatic heterocycles. The maximum Gasteiger partial charge on any atom is 0.472 e. The van der Waals surface area contributed by atoms with Crippen molar-refractivity contribution in [2.24, 2.45) is 0 Å². The maximum atomic E-state index is 13.0. The van der Waals surface area contributed by atoms with Crippen LogP contribution in [-0.2, 0) is 42.2 Å². The Labute approximate surface area is 503 Å². The molecule has 476 valence electrons. The van der Waals surface area contributed by atoms with Crippen LogP contribution < -0.4 is 0 Å². The fourth-order valence-corrected chi connectivity index (χ4v) is 10.3. The van der Waals surface area contributed by atoms with Crippen LogP contribution in [0.4, 0.5) is 0 Å². The van der Waals surface area contributed by atoms with Gasteiger partial charge in [0.1, 0.15) is 12.7 Å². The molecule has 11 nitrogen and oxygen atoms in total. The van der Waals surface area contributed by atoms with E-state index in [-0.39, 0.29) is 25.9 Å². The first-order valence-electron chi connectivity index (χ1n) is 33.8. The molecule has 0 aromatic rings. The number of unbranched alkanes of at least 4 members (excludes halogenated alkanes) is 34. The molecule has 0 amide bonds. The zero-order valence-corrected chi connectivity index (χ0v) is 53.8. The van der Waals surface area contributed by atoms with Crippen LogP contribution in [0.3, 0.4) is 0 Å². The maximum absolute atomic E-state index is 13.0. The van der Waals surface area contributed by atoms with Crippen molar-refractivity contribution in [3.05, 3.63) is 72.9 Å². The number of carbonyl (C=O) groups excluding carboxylic acids is 3. The van der Waals surface area contributed by atoms with Gasteiger partial charge < -0.3 is 24.2 Å². The SMILES string of the molecule is CC/C=C\C/C=C\C/C=C\CCCCCCCCCC(=O)OC(CO)COP(=O)(O)OCC(COC(=O)CCCCCCCC/C=C\C/C=C\C/C=C\CCCCC)OC(=O)CCCCCCCCCCCCCCCCCCCCC. The van der Waals surface area contributed by atoms with E-state index in [1.165, 1.54) is 135 Å². The van der Waals surface area contributed by atoms with Crippen LogP contribution in [0, 0.1) is 0 Å². The molecule has 82 heavy (non-hydrogen) atoms. The van der Waals surface area contributed by atoms with Crippen molar-refractivity contribution >= 4 is 25.7 Å². The van der Waals surface area contributed by atoms with E-state index in [0.717, 1.165) is 122 Å². The van der Waals surface area contributed by atoms with Gasteiger partial charge in [-0.15, -0.1) is 0 Å². The Hall–Kier alpha value is -3.08. The quantitative estimate of drug-likeness (QED) is 0.0197. The zero-order chi connectivity index (χ0) is 59.8. The van der Waals surface area contributed by atoms with Crippen molar-refractivity contribution < 1.29 is 52.2 Å². The van der Waals surface area contributed by atoms with Crippen molar-refractivity contribution in [1.82, 2.24) is 0 Å². The summed E-state index contributed by atoms with van der Waals surface area (Å²) in [5.41, 5.74) is 0. The molecule has 0 aromatic carbocycles. The third-order valence-electron chi connectivity index (χ3n) is 14.6. The first-order valence-corrected chi connectivity index (χ1v) is 35.3. The van der Waals surface area contributed by atoms with Gasteiger partial charge in [0.2, 0.25) is 0 Å². The Kier molecular flexibility index (Phi) is 61.5. The van der Waals surface area contributed by atoms with Crippen molar-refractivity contribution in [2.45, 2.75) is 328 Å². The second kappa shape index (κ2) is 63.9. The van der Waals surface area contributed by atoms with Crippen LogP contribution in [0.15, 0.2) is 72.9 Å². The predicted molar refractivity (Wildman–Crippen MR) is 344 cm³/mol. The summed E-state index contributed by atoms with van der Waals surface area (Å²) < 4.78 is 39.8. The Morgan fingerprint density at radius 2 is 0.634 bits per heavy atom. The van der Waals surface area contributed by atoms with Crippen molar-refractivity contribution in [1.29, 1.82) is 0 Å². The molecule has 0 aliphatic rings. The summed E-state index contributed by atoms with van der Waals surface area (Å²) in [4.78, 5) is 48.9. The van der Waals surface area contributed by atoms with E-state index >= 15 is 0 Å². The lowest BCUT2D eigenvalue weighted by Crippen LogP contribution is -2.30. The zero-order valence-electron chi connectivity index (χ0n) is 53.0. The largest absolute Gasteiger partial charge is 0.472 e. The molecule has 0 saturated carbocycles. The molecule has 3 atom stereocenters. The highest BCUT2D eigenvalue weighted by Crippen LogP contribution is 2.43. The van der Waals surface area contributed by atoms with Gasteiger partial charge in [0.05, 0.1) is 19.8 Å². The molecule has 12 heteroatoms. The van der Waals surface area contributed by atoms with Gasteiger partial charge in [0, 0.05) is 19.3 Å². The van der Waals surface area contributed by atoms with E-state index in [1.54, 1.807) is 0 Å². The van der Waals surface area contributed by atoms with E-state index in [2.05, 4.69) is 93.7 Å². The number of ether oxygens (including phenoxy) is 3. The number of hydrogen-bond acceptors (Lipinski definition) is 10. The molecule has 0 aliphatic heterocycles.